The Morgan fingerprint density at radius 3 is 2.27 bits per heavy atom. The van der Waals surface area contributed by atoms with Crippen molar-refractivity contribution in [2.75, 3.05) is 14.2 Å². The highest BCUT2D eigenvalue weighted by molar-refractivity contribution is 5.97. The number of aromatic nitrogens is 2. The second-order valence-electron chi connectivity index (χ2n) is 8.51. The lowest BCUT2D eigenvalue weighted by molar-refractivity contribution is -0.133. The van der Waals surface area contributed by atoms with Crippen LogP contribution in [0.2, 0.25) is 0 Å². The average Bonchev–Trinajstić information content (AvgIpc) is 3.10. The Hall–Kier alpha value is -3.61. The van der Waals surface area contributed by atoms with Gasteiger partial charge in [0.1, 0.15) is 11.8 Å². The molecule has 1 heterocycles. The van der Waals surface area contributed by atoms with Gasteiger partial charge in [0, 0.05) is 30.4 Å². The van der Waals surface area contributed by atoms with Crippen LogP contribution in [0.3, 0.4) is 0 Å². The number of hydrogen-bond acceptors (Lipinski definition) is 4. The van der Waals surface area contributed by atoms with Gasteiger partial charge in [0.25, 0.3) is 5.91 Å². The fraction of sp³-hybridized carbons (Fsp3) is 0.346. The molecule has 0 spiro atoms. The molecule has 1 N–H and O–H groups in total. The minimum Gasteiger partial charge on any atom is -0.497 e. The minimum atomic E-state index is -0.644. The summed E-state index contributed by atoms with van der Waals surface area (Å²) in [6.07, 6.45) is 0. The van der Waals surface area contributed by atoms with Gasteiger partial charge >= 0.3 is 0 Å². The van der Waals surface area contributed by atoms with Crippen molar-refractivity contribution in [3.8, 4) is 11.4 Å². The van der Waals surface area contributed by atoms with E-state index < -0.39 is 6.04 Å². The Balaban J connectivity index is 1.75. The Labute approximate surface area is 195 Å². The Bertz CT molecular complexity index is 1100. The molecule has 2 amide bonds. The number of hydrogen-bond donors (Lipinski definition) is 1. The number of amides is 2. The predicted molar refractivity (Wildman–Crippen MR) is 129 cm³/mol. The van der Waals surface area contributed by atoms with Crippen LogP contribution in [0, 0.1) is 19.8 Å². The molecule has 0 radical (unpaired) electrons. The Kier molecular flexibility index (Phi) is 7.53. The highest BCUT2D eigenvalue weighted by Crippen LogP contribution is 2.20. The third-order valence-electron chi connectivity index (χ3n) is 5.78. The molecule has 0 fully saturated rings. The third-order valence-corrected chi connectivity index (χ3v) is 5.78. The molecule has 0 aliphatic heterocycles. The standard InChI is InChI=1S/C26H32N4O3/c1-17(2)24(27-25(31)20-12-14-22(33-6)15-13-20)26(32)29(5)16-23-18(3)28-30(19(23)4)21-10-8-7-9-11-21/h7-15,17,24H,16H2,1-6H3,(H,27,31)/t24-/m0/s1. The van der Waals surface area contributed by atoms with Crippen LogP contribution in [0.5, 0.6) is 5.75 Å². The van der Waals surface area contributed by atoms with Crippen molar-refractivity contribution >= 4 is 11.8 Å². The summed E-state index contributed by atoms with van der Waals surface area (Å²) in [6.45, 7) is 8.21. The number of ether oxygens (including phenoxy) is 1. The number of carbonyl (C=O) groups is 2. The van der Waals surface area contributed by atoms with Gasteiger partial charge in [-0.1, -0.05) is 32.0 Å². The first-order valence-electron chi connectivity index (χ1n) is 11.0. The molecule has 2 aromatic carbocycles. The highest BCUT2D eigenvalue weighted by Gasteiger charge is 2.28. The van der Waals surface area contributed by atoms with E-state index in [1.807, 2.05) is 62.7 Å². The van der Waals surface area contributed by atoms with E-state index in [2.05, 4.69) is 10.4 Å². The fourth-order valence-corrected chi connectivity index (χ4v) is 3.76. The van der Waals surface area contributed by atoms with Gasteiger partial charge in [-0.3, -0.25) is 9.59 Å². The Morgan fingerprint density at radius 2 is 1.70 bits per heavy atom. The number of para-hydroxylation sites is 1. The molecular weight excluding hydrogens is 416 g/mol. The van der Waals surface area contributed by atoms with Crippen molar-refractivity contribution < 1.29 is 14.3 Å². The number of aryl methyl sites for hydroxylation is 1. The van der Waals surface area contributed by atoms with E-state index in [1.54, 1.807) is 43.3 Å². The van der Waals surface area contributed by atoms with Crippen molar-refractivity contribution in [1.82, 2.24) is 20.0 Å². The van der Waals surface area contributed by atoms with Crippen LogP contribution in [0.1, 0.15) is 41.2 Å². The van der Waals surface area contributed by atoms with Crippen LogP contribution in [0.15, 0.2) is 54.6 Å². The first-order chi connectivity index (χ1) is 15.7. The first kappa shape index (κ1) is 24.0. The molecular formula is C26H32N4O3. The zero-order valence-corrected chi connectivity index (χ0v) is 20.1. The molecule has 7 heteroatoms. The number of methoxy groups -OCH3 is 1. The van der Waals surface area contributed by atoms with E-state index in [0.29, 0.717) is 17.9 Å². The largest absolute Gasteiger partial charge is 0.497 e. The summed E-state index contributed by atoms with van der Waals surface area (Å²) in [5.74, 6) is 0.168. The second-order valence-corrected chi connectivity index (χ2v) is 8.51. The number of nitrogens with zero attached hydrogens (tertiary/aromatic N) is 3. The highest BCUT2D eigenvalue weighted by atomic mass is 16.5. The molecule has 3 rings (SSSR count). The van der Waals surface area contributed by atoms with Gasteiger partial charge in [0.2, 0.25) is 5.91 Å². The summed E-state index contributed by atoms with van der Waals surface area (Å²) in [6, 6.07) is 16.1. The monoisotopic (exact) mass is 448 g/mol. The predicted octanol–water partition coefficient (Wildman–Crippen LogP) is 3.91. The normalized spacial score (nSPS) is 11.8. The molecule has 0 saturated heterocycles. The van der Waals surface area contributed by atoms with Gasteiger partial charge in [-0.05, 0) is 56.2 Å². The van der Waals surface area contributed by atoms with Crippen LogP contribution < -0.4 is 10.1 Å². The van der Waals surface area contributed by atoms with E-state index in [-0.39, 0.29) is 17.7 Å². The molecule has 33 heavy (non-hydrogen) atoms. The molecule has 174 valence electrons. The number of benzene rings is 2. The van der Waals surface area contributed by atoms with Crippen molar-refractivity contribution in [2.24, 2.45) is 5.92 Å². The van der Waals surface area contributed by atoms with Crippen molar-refractivity contribution in [3.05, 3.63) is 77.1 Å². The topological polar surface area (TPSA) is 76.5 Å². The lowest BCUT2D eigenvalue weighted by atomic mass is 10.0. The summed E-state index contributed by atoms with van der Waals surface area (Å²) >= 11 is 0. The van der Waals surface area contributed by atoms with Crippen LogP contribution in [0.25, 0.3) is 5.69 Å². The molecule has 1 atom stereocenters. The summed E-state index contributed by atoms with van der Waals surface area (Å²) in [5.41, 5.74) is 4.32. The van der Waals surface area contributed by atoms with E-state index >= 15 is 0 Å². The quantitative estimate of drug-likeness (QED) is 0.567. The molecule has 0 bridgehead atoms. The van der Waals surface area contributed by atoms with Gasteiger partial charge < -0.3 is 15.0 Å². The second kappa shape index (κ2) is 10.3. The van der Waals surface area contributed by atoms with Crippen LogP contribution in [-0.4, -0.2) is 46.7 Å². The van der Waals surface area contributed by atoms with Gasteiger partial charge in [0.15, 0.2) is 0 Å². The lowest BCUT2D eigenvalue weighted by Gasteiger charge is -2.27. The maximum atomic E-state index is 13.3. The van der Waals surface area contributed by atoms with Crippen LogP contribution in [-0.2, 0) is 11.3 Å². The summed E-state index contributed by atoms with van der Waals surface area (Å²) in [4.78, 5) is 27.8. The van der Waals surface area contributed by atoms with Crippen molar-refractivity contribution in [2.45, 2.75) is 40.3 Å². The summed E-state index contributed by atoms with van der Waals surface area (Å²) in [7, 11) is 3.33. The van der Waals surface area contributed by atoms with Gasteiger partial charge in [0.05, 0.1) is 18.5 Å². The molecule has 3 aromatic rings. The summed E-state index contributed by atoms with van der Waals surface area (Å²) in [5, 5.41) is 7.58. The number of nitrogens with one attached hydrogen (secondary N) is 1. The maximum absolute atomic E-state index is 13.3. The first-order valence-corrected chi connectivity index (χ1v) is 11.0. The minimum absolute atomic E-state index is 0.0728. The van der Waals surface area contributed by atoms with Gasteiger partial charge in [-0.2, -0.15) is 5.10 Å². The molecule has 1 aromatic heterocycles. The van der Waals surface area contributed by atoms with E-state index in [0.717, 1.165) is 22.6 Å². The number of carbonyl (C=O) groups excluding carboxylic acids is 2. The lowest BCUT2D eigenvalue weighted by Crippen LogP contribution is -2.50. The zero-order valence-electron chi connectivity index (χ0n) is 20.1. The summed E-state index contributed by atoms with van der Waals surface area (Å²) < 4.78 is 7.04. The zero-order chi connectivity index (χ0) is 24.1. The fourth-order valence-electron chi connectivity index (χ4n) is 3.76. The van der Waals surface area contributed by atoms with Gasteiger partial charge in [-0.25, -0.2) is 4.68 Å². The SMILES string of the molecule is COc1ccc(C(=O)N[C@H](C(=O)N(C)Cc2c(C)nn(-c3ccccc3)c2C)C(C)C)cc1. The average molecular weight is 449 g/mol. The molecule has 0 unspecified atom stereocenters. The smallest absolute Gasteiger partial charge is 0.251 e. The van der Waals surface area contributed by atoms with Crippen LogP contribution >= 0.6 is 0 Å². The Morgan fingerprint density at radius 1 is 1.06 bits per heavy atom. The third kappa shape index (κ3) is 5.42. The van der Waals surface area contributed by atoms with Crippen molar-refractivity contribution in [3.63, 3.8) is 0 Å². The molecule has 0 saturated carbocycles. The number of likely N-dealkylation sites (N-methyl/N-ethyl adjacent to an activating group) is 1. The van der Waals surface area contributed by atoms with E-state index in [1.165, 1.54) is 0 Å². The maximum Gasteiger partial charge on any atom is 0.251 e. The molecule has 7 nitrogen and oxygen atoms in total. The molecule has 0 aliphatic rings. The van der Waals surface area contributed by atoms with E-state index in [9.17, 15) is 9.59 Å². The van der Waals surface area contributed by atoms with Gasteiger partial charge in [-0.15, -0.1) is 0 Å². The molecule has 0 aliphatic carbocycles. The van der Waals surface area contributed by atoms with Crippen LogP contribution in [0.4, 0.5) is 0 Å². The van der Waals surface area contributed by atoms with Crippen molar-refractivity contribution in [1.29, 1.82) is 0 Å². The number of rotatable bonds is 8. The van der Waals surface area contributed by atoms with E-state index in [4.69, 9.17) is 4.74 Å².